The molecule has 0 aromatic heterocycles. The molecule has 0 fully saturated rings. The summed E-state index contributed by atoms with van der Waals surface area (Å²) in [7, 11) is 0. The van der Waals surface area contributed by atoms with E-state index in [1.807, 2.05) is 13.0 Å². The van der Waals surface area contributed by atoms with Crippen LogP contribution in [-0.2, 0) is 0 Å². The molecule has 1 unspecified atom stereocenters. The van der Waals surface area contributed by atoms with Crippen LogP contribution in [0.25, 0.3) is 5.57 Å². The number of ether oxygens (including phenoxy) is 1. The Morgan fingerprint density at radius 1 is 1.44 bits per heavy atom. The Labute approximate surface area is 97.4 Å². The van der Waals surface area contributed by atoms with E-state index in [-0.39, 0.29) is 0 Å². The van der Waals surface area contributed by atoms with E-state index in [0.717, 1.165) is 12.4 Å². The number of hydrogen-bond acceptors (Lipinski definition) is 1. The lowest BCUT2D eigenvalue weighted by molar-refractivity contribution is 0.337. The van der Waals surface area contributed by atoms with Crippen LogP contribution in [-0.4, -0.2) is 6.61 Å². The van der Waals surface area contributed by atoms with Crippen molar-refractivity contribution in [3.63, 3.8) is 0 Å². The van der Waals surface area contributed by atoms with Crippen molar-refractivity contribution < 1.29 is 4.74 Å². The number of benzene rings is 1. The number of hydrogen-bond donors (Lipinski definition) is 0. The second kappa shape index (κ2) is 4.56. The highest BCUT2D eigenvalue weighted by molar-refractivity contribution is 5.71. The van der Waals surface area contributed by atoms with Crippen molar-refractivity contribution in [3.8, 4) is 5.75 Å². The largest absolute Gasteiger partial charge is 0.493 e. The Balaban J connectivity index is 2.46. The standard InChI is InChI=1S/C15H18O/c1-4-5-7-11(2)13-8-6-9-14-15(13)12(3)10-16-14/h4-9,12H,10H2,1-3H3/b5-4-,11-7+. The van der Waals surface area contributed by atoms with Gasteiger partial charge in [-0.05, 0) is 31.1 Å². The van der Waals surface area contributed by atoms with Crippen LogP contribution in [0.4, 0.5) is 0 Å². The lowest BCUT2D eigenvalue weighted by atomic mass is 9.93. The molecule has 1 atom stereocenters. The van der Waals surface area contributed by atoms with E-state index in [2.05, 4.69) is 44.2 Å². The van der Waals surface area contributed by atoms with Gasteiger partial charge in [0.15, 0.2) is 0 Å². The van der Waals surface area contributed by atoms with Gasteiger partial charge in [-0.1, -0.05) is 37.3 Å². The highest BCUT2D eigenvalue weighted by atomic mass is 16.5. The minimum atomic E-state index is 0.500. The van der Waals surface area contributed by atoms with E-state index in [9.17, 15) is 0 Å². The van der Waals surface area contributed by atoms with Gasteiger partial charge in [0.25, 0.3) is 0 Å². The summed E-state index contributed by atoms with van der Waals surface area (Å²) in [5.41, 5.74) is 3.98. The van der Waals surface area contributed by atoms with Gasteiger partial charge in [-0.15, -0.1) is 0 Å². The molecule has 0 aliphatic carbocycles. The Morgan fingerprint density at radius 3 is 3.00 bits per heavy atom. The number of fused-ring (bicyclic) bond motifs is 1. The molecule has 16 heavy (non-hydrogen) atoms. The number of rotatable bonds is 2. The first-order chi connectivity index (χ1) is 7.74. The Hall–Kier alpha value is -1.50. The molecule has 0 saturated heterocycles. The van der Waals surface area contributed by atoms with Crippen LogP contribution in [0, 0.1) is 0 Å². The summed E-state index contributed by atoms with van der Waals surface area (Å²) in [6.07, 6.45) is 6.28. The molecule has 1 aliphatic rings. The second-order valence-electron chi connectivity index (χ2n) is 4.30. The van der Waals surface area contributed by atoms with Crippen molar-refractivity contribution in [3.05, 3.63) is 47.6 Å². The summed E-state index contributed by atoms with van der Waals surface area (Å²) < 4.78 is 5.66. The predicted octanol–water partition coefficient (Wildman–Crippen LogP) is 4.16. The molecule has 1 aromatic carbocycles. The molecule has 0 saturated carbocycles. The topological polar surface area (TPSA) is 9.23 Å². The molecule has 0 amide bonds. The van der Waals surface area contributed by atoms with Gasteiger partial charge >= 0.3 is 0 Å². The molecular formula is C15H18O. The van der Waals surface area contributed by atoms with Gasteiger partial charge in [-0.2, -0.15) is 0 Å². The Morgan fingerprint density at radius 2 is 2.25 bits per heavy atom. The summed E-state index contributed by atoms with van der Waals surface area (Å²) in [5.74, 6) is 1.55. The third-order valence-corrected chi connectivity index (χ3v) is 3.01. The van der Waals surface area contributed by atoms with Crippen molar-refractivity contribution in [1.29, 1.82) is 0 Å². The van der Waals surface area contributed by atoms with Crippen molar-refractivity contribution in [2.75, 3.05) is 6.61 Å². The number of allylic oxidation sites excluding steroid dienone is 4. The molecule has 0 radical (unpaired) electrons. The van der Waals surface area contributed by atoms with Gasteiger partial charge < -0.3 is 4.74 Å². The molecule has 84 valence electrons. The van der Waals surface area contributed by atoms with Crippen LogP contribution in [0.15, 0.2) is 36.4 Å². The monoisotopic (exact) mass is 214 g/mol. The van der Waals surface area contributed by atoms with Gasteiger partial charge in [-0.25, -0.2) is 0 Å². The lowest BCUT2D eigenvalue weighted by Gasteiger charge is -2.09. The van der Waals surface area contributed by atoms with Gasteiger partial charge in [0, 0.05) is 11.5 Å². The van der Waals surface area contributed by atoms with E-state index in [1.165, 1.54) is 16.7 Å². The van der Waals surface area contributed by atoms with E-state index in [0.29, 0.717) is 5.92 Å². The van der Waals surface area contributed by atoms with Crippen LogP contribution < -0.4 is 4.74 Å². The fourth-order valence-corrected chi connectivity index (χ4v) is 2.15. The molecule has 1 aliphatic heterocycles. The second-order valence-corrected chi connectivity index (χ2v) is 4.30. The first-order valence-corrected chi connectivity index (χ1v) is 5.79. The minimum Gasteiger partial charge on any atom is -0.493 e. The smallest absolute Gasteiger partial charge is 0.123 e. The molecule has 0 spiro atoms. The van der Waals surface area contributed by atoms with Gasteiger partial charge in [0.05, 0.1) is 6.61 Å². The quantitative estimate of drug-likeness (QED) is 0.672. The van der Waals surface area contributed by atoms with E-state index in [1.54, 1.807) is 0 Å². The molecule has 0 N–H and O–H groups in total. The highest BCUT2D eigenvalue weighted by Gasteiger charge is 2.23. The average molecular weight is 214 g/mol. The van der Waals surface area contributed by atoms with E-state index in [4.69, 9.17) is 4.74 Å². The average Bonchev–Trinajstić information content (AvgIpc) is 2.68. The van der Waals surface area contributed by atoms with Gasteiger partial charge in [0.1, 0.15) is 5.75 Å². The normalized spacial score (nSPS) is 19.9. The van der Waals surface area contributed by atoms with Gasteiger partial charge in [-0.3, -0.25) is 0 Å². The first kappa shape index (κ1) is 11.0. The third-order valence-electron chi connectivity index (χ3n) is 3.01. The molecule has 0 bridgehead atoms. The summed E-state index contributed by atoms with van der Waals surface area (Å²) >= 11 is 0. The van der Waals surface area contributed by atoms with Crippen molar-refractivity contribution >= 4 is 5.57 Å². The summed E-state index contributed by atoms with van der Waals surface area (Å²) in [6, 6.07) is 6.31. The summed E-state index contributed by atoms with van der Waals surface area (Å²) in [6.45, 7) is 7.22. The molecule has 1 aromatic rings. The maximum atomic E-state index is 5.66. The lowest BCUT2D eigenvalue weighted by Crippen LogP contribution is -1.96. The van der Waals surface area contributed by atoms with E-state index >= 15 is 0 Å². The SMILES string of the molecule is C/C=C\C=C(/C)c1cccc2c1C(C)CO2. The maximum Gasteiger partial charge on any atom is 0.123 e. The molecular weight excluding hydrogens is 196 g/mol. The van der Waals surface area contributed by atoms with Crippen LogP contribution in [0.1, 0.15) is 37.8 Å². The van der Waals surface area contributed by atoms with Crippen LogP contribution in [0.2, 0.25) is 0 Å². The molecule has 1 nitrogen and oxygen atoms in total. The molecule has 1 heteroatoms. The Kier molecular flexibility index (Phi) is 3.14. The summed E-state index contributed by atoms with van der Waals surface area (Å²) in [4.78, 5) is 0. The zero-order valence-corrected chi connectivity index (χ0v) is 10.2. The van der Waals surface area contributed by atoms with Crippen LogP contribution >= 0.6 is 0 Å². The van der Waals surface area contributed by atoms with Gasteiger partial charge in [0.2, 0.25) is 0 Å². The van der Waals surface area contributed by atoms with Crippen molar-refractivity contribution in [2.24, 2.45) is 0 Å². The zero-order chi connectivity index (χ0) is 11.5. The van der Waals surface area contributed by atoms with Crippen molar-refractivity contribution in [2.45, 2.75) is 26.7 Å². The zero-order valence-electron chi connectivity index (χ0n) is 10.2. The molecule has 2 rings (SSSR count). The van der Waals surface area contributed by atoms with Crippen LogP contribution in [0.5, 0.6) is 5.75 Å². The highest BCUT2D eigenvalue weighted by Crippen LogP contribution is 2.38. The third kappa shape index (κ3) is 1.90. The fourth-order valence-electron chi connectivity index (χ4n) is 2.15. The fraction of sp³-hybridized carbons (Fsp3) is 0.333. The maximum absolute atomic E-state index is 5.66. The Bertz CT molecular complexity index is 441. The summed E-state index contributed by atoms with van der Waals surface area (Å²) in [5, 5.41) is 0. The first-order valence-electron chi connectivity index (χ1n) is 5.79. The van der Waals surface area contributed by atoms with E-state index < -0.39 is 0 Å². The van der Waals surface area contributed by atoms with Crippen molar-refractivity contribution in [1.82, 2.24) is 0 Å². The van der Waals surface area contributed by atoms with Crippen LogP contribution in [0.3, 0.4) is 0 Å². The minimum absolute atomic E-state index is 0.500. The molecule has 1 heterocycles. The predicted molar refractivity (Wildman–Crippen MR) is 68.8 cm³/mol.